The first-order chi connectivity index (χ1) is 24.7. The van der Waals surface area contributed by atoms with Crippen LogP contribution in [0.4, 0.5) is 17.1 Å². The second kappa shape index (κ2) is 12.5. The molecule has 0 aliphatic rings. The van der Waals surface area contributed by atoms with Crippen LogP contribution < -0.4 is 4.90 Å². The lowest BCUT2D eigenvalue weighted by Gasteiger charge is -2.27. The zero-order valence-electron chi connectivity index (χ0n) is 27.9. The zero-order valence-corrected chi connectivity index (χ0v) is 27.9. The predicted molar refractivity (Wildman–Crippen MR) is 215 cm³/mol. The molecule has 0 atom stereocenters. The van der Waals surface area contributed by atoms with Crippen molar-refractivity contribution >= 4 is 49.4 Å². The Morgan fingerprint density at radius 3 is 1.34 bits per heavy atom. The van der Waals surface area contributed by atoms with Crippen LogP contribution in [0.3, 0.4) is 0 Å². The quantitative estimate of drug-likeness (QED) is 0.164. The maximum absolute atomic E-state index is 2.36. The Hall–Kier alpha value is -6.44. The normalized spacial score (nSPS) is 11.3. The Balaban J connectivity index is 1.20. The number of hydrogen-bond donors (Lipinski definition) is 0. The molecule has 0 amide bonds. The van der Waals surface area contributed by atoms with Gasteiger partial charge in [-0.1, -0.05) is 158 Å². The van der Waals surface area contributed by atoms with E-state index < -0.39 is 0 Å². The molecule has 0 aliphatic carbocycles. The van der Waals surface area contributed by atoms with Crippen LogP contribution >= 0.6 is 0 Å². The van der Waals surface area contributed by atoms with E-state index in [0.29, 0.717) is 0 Å². The van der Waals surface area contributed by atoms with Gasteiger partial charge in [-0.25, -0.2) is 0 Å². The number of fused-ring (bicyclic) bond motifs is 3. The van der Waals surface area contributed by atoms with Gasteiger partial charge >= 0.3 is 0 Å². The largest absolute Gasteiger partial charge is 0.310 e. The van der Waals surface area contributed by atoms with Crippen molar-refractivity contribution in [2.24, 2.45) is 0 Å². The highest BCUT2D eigenvalue weighted by Gasteiger charge is 2.19. The van der Waals surface area contributed by atoms with Crippen molar-refractivity contribution in [3.8, 4) is 33.4 Å². The maximum atomic E-state index is 2.36. The van der Waals surface area contributed by atoms with Gasteiger partial charge in [0.2, 0.25) is 0 Å². The number of para-hydroxylation sites is 2. The van der Waals surface area contributed by atoms with Gasteiger partial charge in [0.1, 0.15) is 0 Å². The fourth-order valence-electron chi connectivity index (χ4n) is 7.69. The third kappa shape index (κ3) is 5.12. The van der Waals surface area contributed by atoms with Crippen LogP contribution in [-0.2, 0) is 0 Å². The highest BCUT2D eigenvalue weighted by atomic mass is 15.1. The molecule has 0 fully saturated rings. The van der Waals surface area contributed by atoms with E-state index >= 15 is 0 Å². The second-order valence-electron chi connectivity index (χ2n) is 13.0. The van der Waals surface area contributed by atoms with Crippen molar-refractivity contribution in [3.05, 3.63) is 200 Å². The van der Waals surface area contributed by atoms with E-state index in [1.807, 2.05) is 0 Å². The van der Waals surface area contributed by atoms with Crippen LogP contribution in [0.25, 0.3) is 65.7 Å². The van der Waals surface area contributed by atoms with Crippen molar-refractivity contribution < 1.29 is 0 Å². The molecule has 0 radical (unpaired) electrons. The molecular formula is C49H35N. The fourth-order valence-corrected chi connectivity index (χ4v) is 7.69. The van der Waals surface area contributed by atoms with E-state index in [9.17, 15) is 0 Å². The Morgan fingerprint density at radius 2 is 0.780 bits per heavy atom. The number of hydrogen-bond acceptors (Lipinski definition) is 1. The molecule has 236 valence electrons. The summed E-state index contributed by atoms with van der Waals surface area (Å²) in [5.74, 6) is 0. The summed E-state index contributed by atoms with van der Waals surface area (Å²) < 4.78 is 0. The van der Waals surface area contributed by atoms with Crippen LogP contribution in [0.15, 0.2) is 194 Å². The number of rotatable bonds is 6. The van der Waals surface area contributed by atoms with Crippen LogP contribution in [0.2, 0.25) is 0 Å². The molecule has 0 N–H and O–H groups in total. The molecule has 0 spiro atoms. The maximum Gasteiger partial charge on any atom is 0.0491 e. The average molecular weight is 638 g/mol. The topological polar surface area (TPSA) is 3.24 Å². The van der Waals surface area contributed by atoms with Gasteiger partial charge in [0.25, 0.3) is 0 Å². The number of benzene rings is 9. The summed E-state index contributed by atoms with van der Waals surface area (Å²) in [4.78, 5) is 2.35. The fraction of sp³-hybridized carbons (Fsp3) is 0.0204. The highest BCUT2D eigenvalue weighted by Crippen LogP contribution is 2.45. The van der Waals surface area contributed by atoms with Crippen molar-refractivity contribution in [2.75, 3.05) is 4.90 Å². The van der Waals surface area contributed by atoms with E-state index in [1.54, 1.807) is 0 Å². The lowest BCUT2D eigenvalue weighted by atomic mass is 9.85. The first-order valence-electron chi connectivity index (χ1n) is 17.3. The van der Waals surface area contributed by atoms with Crippen molar-refractivity contribution in [2.45, 2.75) is 6.92 Å². The molecule has 0 heterocycles. The Bertz CT molecular complexity index is 2540. The molecule has 9 rings (SSSR count). The van der Waals surface area contributed by atoms with Gasteiger partial charge in [0.15, 0.2) is 0 Å². The molecule has 1 nitrogen and oxygen atoms in total. The van der Waals surface area contributed by atoms with Gasteiger partial charge < -0.3 is 4.90 Å². The number of nitrogens with zero attached hydrogens (tertiary/aromatic N) is 1. The molecule has 50 heavy (non-hydrogen) atoms. The van der Waals surface area contributed by atoms with E-state index in [0.717, 1.165) is 11.4 Å². The molecule has 0 unspecified atom stereocenters. The van der Waals surface area contributed by atoms with Crippen LogP contribution in [0, 0.1) is 6.92 Å². The molecule has 0 aliphatic heterocycles. The van der Waals surface area contributed by atoms with E-state index in [2.05, 4.69) is 206 Å². The second-order valence-corrected chi connectivity index (χ2v) is 13.0. The average Bonchev–Trinajstić information content (AvgIpc) is 3.18. The minimum atomic E-state index is 1.14. The van der Waals surface area contributed by atoms with Gasteiger partial charge in [-0.3, -0.25) is 0 Å². The Morgan fingerprint density at radius 1 is 0.340 bits per heavy atom. The first-order valence-corrected chi connectivity index (χ1v) is 17.3. The lowest BCUT2D eigenvalue weighted by Crippen LogP contribution is -2.11. The number of anilines is 3. The van der Waals surface area contributed by atoms with E-state index in [4.69, 9.17) is 0 Å². The zero-order chi connectivity index (χ0) is 33.4. The summed E-state index contributed by atoms with van der Waals surface area (Å²) in [6.45, 7) is 2.23. The van der Waals surface area contributed by atoms with Crippen molar-refractivity contribution in [1.82, 2.24) is 0 Å². The van der Waals surface area contributed by atoms with Crippen molar-refractivity contribution in [3.63, 3.8) is 0 Å². The predicted octanol–water partition coefficient (Wildman–Crippen LogP) is 13.9. The molecule has 0 bridgehead atoms. The van der Waals surface area contributed by atoms with Crippen LogP contribution in [-0.4, -0.2) is 0 Å². The molecule has 0 saturated carbocycles. The monoisotopic (exact) mass is 637 g/mol. The molecule has 9 aromatic carbocycles. The lowest BCUT2D eigenvalue weighted by molar-refractivity contribution is 1.25. The molecular weight excluding hydrogens is 603 g/mol. The van der Waals surface area contributed by atoms with Gasteiger partial charge in [-0.05, 0) is 115 Å². The summed E-state index contributed by atoms with van der Waals surface area (Å²) in [5.41, 5.74) is 12.1. The molecule has 0 aromatic heterocycles. The Kier molecular flexibility index (Phi) is 7.44. The molecule has 9 aromatic rings. The standard InChI is InChI=1S/C49H35N/c1-34-33-38(31-32-47(34)50(39-17-4-2-5-18-39)40-19-6-3-7-20-40)49-45-24-12-10-22-43(45)48(44-23-11-13-25-46(44)49)37-29-27-36(28-30-37)42-26-14-16-35-15-8-9-21-41(35)42/h2-33H,1H3. The minimum absolute atomic E-state index is 1.14. The first kappa shape index (κ1) is 29.7. The Labute approximate surface area is 293 Å². The highest BCUT2D eigenvalue weighted by molar-refractivity contribution is 6.21. The summed E-state index contributed by atoms with van der Waals surface area (Å²) >= 11 is 0. The third-order valence-electron chi connectivity index (χ3n) is 9.96. The van der Waals surface area contributed by atoms with Gasteiger partial charge in [-0.15, -0.1) is 0 Å². The van der Waals surface area contributed by atoms with Gasteiger partial charge in [0.05, 0.1) is 0 Å². The van der Waals surface area contributed by atoms with Gasteiger partial charge in [-0.2, -0.15) is 0 Å². The van der Waals surface area contributed by atoms with Gasteiger partial charge in [0, 0.05) is 17.1 Å². The minimum Gasteiger partial charge on any atom is -0.310 e. The summed E-state index contributed by atoms with van der Waals surface area (Å²) in [5, 5.41) is 7.58. The van der Waals surface area contributed by atoms with E-state index in [1.165, 1.54) is 76.9 Å². The number of aryl methyl sites for hydroxylation is 1. The summed E-state index contributed by atoms with van der Waals surface area (Å²) in [7, 11) is 0. The molecule has 1 heteroatoms. The van der Waals surface area contributed by atoms with E-state index in [-0.39, 0.29) is 0 Å². The summed E-state index contributed by atoms with van der Waals surface area (Å²) in [6.07, 6.45) is 0. The smallest absolute Gasteiger partial charge is 0.0491 e. The SMILES string of the molecule is Cc1cc(-c2c3ccccc3c(-c3ccc(-c4cccc5ccccc45)cc3)c3ccccc23)ccc1N(c1ccccc1)c1ccccc1. The molecule has 0 saturated heterocycles. The van der Waals surface area contributed by atoms with Crippen molar-refractivity contribution in [1.29, 1.82) is 0 Å². The van der Waals surface area contributed by atoms with Crippen LogP contribution in [0.1, 0.15) is 5.56 Å². The van der Waals surface area contributed by atoms with Crippen LogP contribution in [0.5, 0.6) is 0 Å². The summed E-state index contributed by atoms with van der Waals surface area (Å²) in [6, 6.07) is 70.4. The third-order valence-corrected chi connectivity index (χ3v) is 9.96.